The van der Waals surface area contributed by atoms with Crippen LogP contribution in [0.15, 0.2) is 6.07 Å². The standard InChI is InChI=1S/C7H4F2O4/c8-2-1-3(10)4(7(12)13)5(9)6(2)11/h1,10-11H,(H,12,13). The molecule has 70 valence electrons. The molecule has 1 aromatic rings. The molecule has 0 saturated carbocycles. The summed E-state index contributed by atoms with van der Waals surface area (Å²) >= 11 is 0. The van der Waals surface area contributed by atoms with E-state index in [9.17, 15) is 13.6 Å². The first-order chi connectivity index (χ1) is 5.95. The molecular formula is C7H4F2O4. The average molecular weight is 190 g/mol. The second-order valence-corrected chi connectivity index (χ2v) is 2.22. The van der Waals surface area contributed by atoms with Crippen molar-refractivity contribution in [2.24, 2.45) is 0 Å². The van der Waals surface area contributed by atoms with Crippen molar-refractivity contribution < 1.29 is 28.9 Å². The molecular weight excluding hydrogens is 186 g/mol. The number of phenols is 2. The third-order valence-electron chi connectivity index (χ3n) is 1.39. The van der Waals surface area contributed by atoms with Gasteiger partial charge in [-0.05, 0) is 0 Å². The van der Waals surface area contributed by atoms with Crippen LogP contribution in [0.1, 0.15) is 10.4 Å². The molecule has 0 aromatic heterocycles. The van der Waals surface area contributed by atoms with Crippen molar-refractivity contribution in [2.45, 2.75) is 0 Å². The van der Waals surface area contributed by atoms with E-state index < -0.39 is 34.7 Å². The van der Waals surface area contributed by atoms with Gasteiger partial charge < -0.3 is 15.3 Å². The molecule has 0 spiro atoms. The fourth-order valence-corrected chi connectivity index (χ4v) is 0.800. The lowest BCUT2D eigenvalue weighted by molar-refractivity contribution is 0.0687. The number of carboxylic acids is 1. The molecule has 0 unspecified atom stereocenters. The normalized spacial score (nSPS) is 10.0. The lowest BCUT2D eigenvalue weighted by Crippen LogP contribution is -2.02. The van der Waals surface area contributed by atoms with Crippen LogP contribution >= 0.6 is 0 Å². The molecule has 0 heterocycles. The molecule has 0 saturated heterocycles. The number of rotatable bonds is 1. The van der Waals surface area contributed by atoms with Crippen molar-refractivity contribution in [3.63, 3.8) is 0 Å². The maximum atomic E-state index is 12.7. The molecule has 0 amide bonds. The second kappa shape index (κ2) is 2.89. The minimum absolute atomic E-state index is 0.321. The van der Waals surface area contributed by atoms with Crippen LogP contribution in [0.3, 0.4) is 0 Å². The van der Waals surface area contributed by atoms with Gasteiger partial charge in [0.1, 0.15) is 11.3 Å². The van der Waals surface area contributed by atoms with E-state index >= 15 is 0 Å². The van der Waals surface area contributed by atoms with Gasteiger partial charge in [0, 0.05) is 6.07 Å². The second-order valence-electron chi connectivity index (χ2n) is 2.22. The van der Waals surface area contributed by atoms with Gasteiger partial charge in [0.15, 0.2) is 17.4 Å². The van der Waals surface area contributed by atoms with Crippen molar-refractivity contribution in [1.82, 2.24) is 0 Å². The third-order valence-corrected chi connectivity index (χ3v) is 1.39. The Morgan fingerprint density at radius 1 is 1.31 bits per heavy atom. The van der Waals surface area contributed by atoms with E-state index in [1.807, 2.05) is 0 Å². The number of halogens is 2. The Balaban J connectivity index is 3.53. The van der Waals surface area contributed by atoms with Gasteiger partial charge in [-0.25, -0.2) is 13.6 Å². The maximum absolute atomic E-state index is 12.7. The maximum Gasteiger partial charge on any atom is 0.342 e. The Bertz CT molecular complexity index is 375. The SMILES string of the molecule is O=C(O)c1c(O)cc(F)c(O)c1F. The fourth-order valence-electron chi connectivity index (χ4n) is 0.800. The smallest absolute Gasteiger partial charge is 0.342 e. The summed E-state index contributed by atoms with van der Waals surface area (Å²) in [4.78, 5) is 10.3. The van der Waals surface area contributed by atoms with E-state index in [-0.39, 0.29) is 0 Å². The summed E-state index contributed by atoms with van der Waals surface area (Å²) in [5.41, 5.74) is -1.15. The zero-order chi connectivity index (χ0) is 10.2. The zero-order valence-electron chi connectivity index (χ0n) is 6.08. The lowest BCUT2D eigenvalue weighted by atomic mass is 10.1. The lowest BCUT2D eigenvalue weighted by Gasteiger charge is -2.03. The van der Waals surface area contributed by atoms with Crippen LogP contribution in [0.5, 0.6) is 11.5 Å². The van der Waals surface area contributed by atoms with E-state index in [1.165, 1.54) is 0 Å². The monoisotopic (exact) mass is 190 g/mol. The van der Waals surface area contributed by atoms with Crippen LogP contribution in [-0.4, -0.2) is 21.3 Å². The van der Waals surface area contributed by atoms with Gasteiger partial charge in [-0.15, -0.1) is 0 Å². The quantitative estimate of drug-likeness (QED) is 0.579. The number of carbonyl (C=O) groups is 1. The molecule has 1 aromatic carbocycles. The van der Waals surface area contributed by atoms with E-state index in [2.05, 4.69) is 0 Å². The van der Waals surface area contributed by atoms with Crippen molar-refractivity contribution >= 4 is 5.97 Å². The van der Waals surface area contributed by atoms with Gasteiger partial charge in [0.25, 0.3) is 0 Å². The molecule has 0 bridgehead atoms. The average Bonchev–Trinajstić information content (AvgIpc) is 1.99. The molecule has 0 atom stereocenters. The Kier molecular flexibility index (Phi) is 2.05. The zero-order valence-corrected chi connectivity index (χ0v) is 6.08. The highest BCUT2D eigenvalue weighted by molar-refractivity contribution is 5.91. The van der Waals surface area contributed by atoms with Gasteiger partial charge in [0.05, 0.1) is 0 Å². The van der Waals surface area contributed by atoms with E-state index in [4.69, 9.17) is 15.3 Å². The Morgan fingerprint density at radius 2 is 1.85 bits per heavy atom. The summed E-state index contributed by atoms with van der Waals surface area (Å²) in [6.07, 6.45) is 0. The van der Waals surface area contributed by atoms with Crippen molar-refractivity contribution in [1.29, 1.82) is 0 Å². The van der Waals surface area contributed by atoms with Gasteiger partial charge in [-0.3, -0.25) is 0 Å². The first-order valence-corrected chi connectivity index (χ1v) is 3.08. The van der Waals surface area contributed by atoms with Crippen molar-refractivity contribution in [3.8, 4) is 11.5 Å². The Labute approximate surface area is 70.7 Å². The third kappa shape index (κ3) is 1.37. The Morgan fingerprint density at radius 3 is 2.31 bits per heavy atom. The molecule has 0 aliphatic heterocycles. The highest BCUT2D eigenvalue weighted by atomic mass is 19.1. The number of hydrogen-bond donors (Lipinski definition) is 3. The van der Waals surface area contributed by atoms with Crippen LogP contribution in [0.4, 0.5) is 8.78 Å². The predicted molar refractivity (Wildman–Crippen MR) is 36.6 cm³/mol. The van der Waals surface area contributed by atoms with E-state index in [0.717, 1.165) is 0 Å². The number of aromatic hydroxyl groups is 2. The van der Waals surface area contributed by atoms with Crippen LogP contribution in [0.25, 0.3) is 0 Å². The molecule has 0 radical (unpaired) electrons. The molecule has 3 N–H and O–H groups in total. The summed E-state index contributed by atoms with van der Waals surface area (Å²) in [7, 11) is 0. The molecule has 0 aliphatic rings. The summed E-state index contributed by atoms with van der Waals surface area (Å²) in [6, 6.07) is 0.321. The summed E-state index contributed by atoms with van der Waals surface area (Å²) in [5.74, 6) is -7.38. The van der Waals surface area contributed by atoms with E-state index in [0.29, 0.717) is 6.07 Å². The largest absolute Gasteiger partial charge is 0.507 e. The molecule has 0 aliphatic carbocycles. The number of phenolic OH excluding ortho intramolecular Hbond substituents is 1. The van der Waals surface area contributed by atoms with E-state index in [1.54, 1.807) is 0 Å². The van der Waals surface area contributed by atoms with Gasteiger partial charge in [0.2, 0.25) is 0 Å². The van der Waals surface area contributed by atoms with Crippen LogP contribution < -0.4 is 0 Å². The van der Waals surface area contributed by atoms with Crippen LogP contribution in [-0.2, 0) is 0 Å². The van der Waals surface area contributed by atoms with Crippen molar-refractivity contribution in [2.75, 3.05) is 0 Å². The van der Waals surface area contributed by atoms with Crippen LogP contribution in [0.2, 0.25) is 0 Å². The minimum Gasteiger partial charge on any atom is -0.507 e. The predicted octanol–water partition coefficient (Wildman–Crippen LogP) is 1.07. The highest BCUT2D eigenvalue weighted by Gasteiger charge is 2.22. The first-order valence-electron chi connectivity index (χ1n) is 3.08. The topological polar surface area (TPSA) is 77.8 Å². The molecule has 4 nitrogen and oxygen atoms in total. The van der Waals surface area contributed by atoms with Crippen LogP contribution in [0, 0.1) is 11.6 Å². The molecule has 1 rings (SSSR count). The fraction of sp³-hybridized carbons (Fsp3) is 0. The van der Waals surface area contributed by atoms with Gasteiger partial charge in [-0.1, -0.05) is 0 Å². The molecule has 13 heavy (non-hydrogen) atoms. The number of aromatic carboxylic acids is 1. The number of benzene rings is 1. The summed E-state index contributed by atoms with van der Waals surface area (Å²) in [5, 5.41) is 25.8. The number of carboxylic acid groups (broad SMARTS) is 1. The Hall–Kier alpha value is -1.85. The minimum atomic E-state index is -1.79. The summed E-state index contributed by atoms with van der Waals surface area (Å²) in [6.45, 7) is 0. The summed E-state index contributed by atoms with van der Waals surface area (Å²) < 4.78 is 25.2. The van der Waals surface area contributed by atoms with Gasteiger partial charge >= 0.3 is 5.97 Å². The highest BCUT2D eigenvalue weighted by Crippen LogP contribution is 2.30. The first kappa shape index (κ1) is 9.24. The number of hydrogen-bond acceptors (Lipinski definition) is 3. The molecule has 6 heteroatoms. The van der Waals surface area contributed by atoms with Crippen molar-refractivity contribution in [3.05, 3.63) is 23.3 Å². The van der Waals surface area contributed by atoms with Gasteiger partial charge in [-0.2, -0.15) is 0 Å². The molecule has 0 fully saturated rings.